The van der Waals surface area contributed by atoms with Crippen LogP contribution in [0.15, 0.2) is 23.1 Å². The Morgan fingerprint density at radius 3 is 2.67 bits per heavy atom. The van der Waals surface area contributed by atoms with Gasteiger partial charge in [0.25, 0.3) is 5.91 Å². The summed E-state index contributed by atoms with van der Waals surface area (Å²) < 4.78 is 28.9. The standard InChI is InChI=1S/C14H18ClNO4S/c1-9-8-20-10(2)7-16(9)14(17)11-4-5-12(15)13(6-11)21(3,18)19/h4-6,9-10H,7-8H2,1-3H3. The maximum Gasteiger partial charge on any atom is 0.254 e. The Bertz CT molecular complexity index is 659. The summed E-state index contributed by atoms with van der Waals surface area (Å²) in [7, 11) is -3.47. The third-order valence-electron chi connectivity index (χ3n) is 3.45. The summed E-state index contributed by atoms with van der Waals surface area (Å²) in [5.74, 6) is -0.209. The summed E-state index contributed by atoms with van der Waals surface area (Å²) in [6.07, 6.45) is 1.04. The third kappa shape index (κ3) is 3.56. The summed E-state index contributed by atoms with van der Waals surface area (Å²) in [5, 5.41) is 0.123. The van der Waals surface area contributed by atoms with Crippen molar-refractivity contribution in [2.24, 2.45) is 0 Å². The van der Waals surface area contributed by atoms with E-state index in [0.29, 0.717) is 18.7 Å². The van der Waals surface area contributed by atoms with Crippen molar-refractivity contribution in [3.8, 4) is 0 Å². The zero-order valence-corrected chi connectivity index (χ0v) is 13.7. The number of benzene rings is 1. The average molecular weight is 332 g/mol. The largest absolute Gasteiger partial charge is 0.375 e. The first kappa shape index (κ1) is 16.3. The van der Waals surface area contributed by atoms with Crippen molar-refractivity contribution in [2.45, 2.75) is 30.9 Å². The first-order valence-corrected chi connectivity index (χ1v) is 8.89. The van der Waals surface area contributed by atoms with Gasteiger partial charge >= 0.3 is 0 Å². The summed E-state index contributed by atoms with van der Waals surface area (Å²) in [4.78, 5) is 14.3. The Kier molecular flexibility index (Phi) is 4.60. The number of rotatable bonds is 2. The minimum atomic E-state index is -3.47. The van der Waals surface area contributed by atoms with Crippen molar-refractivity contribution in [3.05, 3.63) is 28.8 Å². The predicted molar refractivity (Wildman–Crippen MR) is 80.5 cm³/mol. The molecule has 21 heavy (non-hydrogen) atoms. The fourth-order valence-corrected chi connectivity index (χ4v) is 3.57. The van der Waals surface area contributed by atoms with E-state index in [2.05, 4.69) is 0 Å². The van der Waals surface area contributed by atoms with Crippen LogP contribution in [-0.2, 0) is 14.6 Å². The lowest BCUT2D eigenvalue weighted by Gasteiger charge is -2.36. The van der Waals surface area contributed by atoms with Gasteiger partial charge in [0.1, 0.15) is 0 Å². The van der Waals surface area contributed by atoms with E-state index in [9.17, 15) is 13.2 Å². The molecule has 0 spiro atoms. The highest BCUT2D eigenvalue weighted by molar-refractivity contribution is 7.90. The Morgan fingerprint density at radius 2 is 2.05 bits per heavy atom. The van der Waals surface area contributed by atoms with Gasteiger partial charge < -0.3 is 9.64 Å². The molecular weight excluding hydrogens is 314 g/mol. The van der Waals surface area contributed by atoms with Gasteiger partial charge in [0.2, 0.25) is 0 Å². The predicted octanol–water partition coefficient (Wildman–Crippen LogP) is 1.99. The lowest BCUT2D eigenvalue weighted by Crippen LogP contribution is -2.50. The van der Waals surface area contributed by atoms with Crippen LogP contribution in [0.5, 0.6) is 0 Å². The molecule has 2 unspecified atom stereocenters. The molecule has 1 saturated heterocycles. The monoisotopic (exact) mass is 331 g/mol. The number of amides is 1. The Labute approximate surface area is 129 Å². The van der Waals surface area contributed by atoms with E-state index >= 15 is 0 Å². The van der Waals surface area contributed by atoms with Crippen LogP contribution in [0.4, 0.5) is 0 Å². The number of carbonyl (C=O) groups is 1. The third-order valence-corrected chi connectivity index (χ3v) is 5.02. The van der Waals surface area contributed by atoms with Gasteiger partial charge in [0.15, 0.2) is 9.84 Å². The average Bonchev–Trinajstić information content (AvgIpc) is 2.40. The lowest BCUT2D eigenvalue weighted by atomic mass is 10.1. The smallest absolute Gasteiger partial charge is 0.254 e. The molecule has 5 nitrogen and oxygen atoms in total. The van der Waals surface area contributed by atoms with Crippen LogP contribution in [0.2, 0.25) is 5.02 Å². The number of carbonyl (C=O) groups excluding carboxylic acids is 1. The van der Waals surface area contributed by atoms with E-state index < -0.39 is 9.84 Å². The molecule has 2 atom stereocenters. The molecule has 0 aromatic heterocycles. The summed E-state index contributed by atoms with van der Waals surface area (Å²) in [5.41, 5.74) is 0.320. The number of ether oxygens (including phenoxy) is 1. The summed E-state index contributed by atoms with van der Waals surface area (Å²) in [6.45, 7) is 4.75. The van der Waals surface area contributed by atoms with Gasteiger partial charge in [0.05, 0.1) is 28.7 Å². The zero-order valence-electron chi connectivity index (χ0n) is 12.2. The molecule has 1 fully saturated rings. The highest BCUT2D eigenvalue weighted by Gasteiger charge is 2.29. The molecule has 1 amide bonds. The van der Waals surface area contributed by atoms with E-state index in [0.717, 1.165) is 6.26 Å². The second-order valence-electron chi connectivity index (χ2n) is 5.37. The van der Waals surface area contributed by atoms with Crippen molar-refractivity contribution in [3.63, 3.8) is 0 Å². The Hall–Kier alpha value is -1.11. The molecule has 2 rings (SSSR count). The van der Waals surface area contributed by atoms with E-state index in [-0.39, 0.29) is 28.0 Å². The topological polar surface area (TPSA) is 63.7 Å². The van der Waals surface area contributed by atoms with Gasteiger partial charge in [-0.2, -0.15) is 0 Å². The van der Waals surface area contributed by atoms with Crippen LogP contribution in [-0.4, -0.2) is 50.8 Å². The van der Waals surface area contributed by atoms with Crippen LogP contribution < -0.4 is 0 Å². The van der Waals surface area contributed by atoms with Gasteiger partial charge in [0, 0.05) is 18.4 Å². The van der Waals surface area contributed by atoms with E-state index in [1.54, 1.807) is 11.0 Å². The summed E-state index contributed by atoms with van der Waals surface area (Å²) in [6, 6.07) is 4.28. The SMILES string of the molecule is CC1CN(C(=O)c2ccc(Cl)c(S(C)(=O)=O)c2)C(C)CO1. The van der Waals surface area contributed by atoms with E-state index in [4.69, 9.17) is 16.3 Å². The zero-order chi connectivity index (χ0) is 15.8. The number of morpholine rings is 1. The molecule has 1 aliphatic rings. The molecule has 0 aliphatic carbocycles. The van der Waals surface area contributed by atoms with Gasteiger partial charge in [-0.15, -0.1) is 0 Å². The Morgan fingerprint density at radius 1 is 1.38 bits per heavy atom. The number of nitrogens with zero attached hydrogens (tertiary/aromatic N) is 1. The molecule has 0 saturated carbocycles. The molecule has 0 radical (unpaired) electrons. The molecule has 116 valence electrons. The van der Waals surface area contributed by atoms with Gasteiger partial charge in [-0.25, -0.2) is 8.42 Å². The molecule has 7 heteroatoms. The number of hydrogen-bond donors (Lipinski definition) is 0. The molecule has 1 aliphatic heterocycles. The fourth-order valence-electron chi connectivity index (χ4n) is 2.27. The van der Waals surface area contributed by atoms with Crippen LogP contribution in [0, 0.1) is 0 Å². The molecule has 0 N–H and O–H groups in total. The van der Waals surface area contributed by atoms with Crippen LogP contribution in [0.25, 0.3) is 0 Å². The van der Waals surface area contributed by atoms with Crippen molar-refractivity contribution < 1.29 is 17.9 Å². The molecule has 1 aromatic carbocycles. The maximum absolute atomic E-state index is 12.6. The number of hydrogen-bond acceptors (Lipinski definition) is 4. The minimum absolute atomic E-state index is 0.0241. The quantitative estimate of drug-likeness (QED) is 0.831. The molecular formula is C14H18ClNO4S. The summed E-state index contributed by atoms with van der Waals surface area (Å²) >= 11 is 5.90. The van der Waals surface area contributed by atoms with Gasteiger partial charge in [-0.1, -0.05) is 11.6 Å². The van der Waals surface area contributed by atoms with Crippen LogP contribution in [0.3, 0.4) is 0 Å². The lowest BCUT2D eigenvalue weighted by molar-refractivity contribution is -0.0387. The molecule has 0 bridgehead atoms. The highest BCUT2D eigenvalue weighted by atomic mass is 35.5. The van der Waals surface area contributed by atoms with Crippen molar-refractivity contribution in [1.82, 2.24) is 4.90 Å². The van der Waals surface area contributed by atoms with Crippen molar-refractivity contribution in [1.29, 1.82) is 0 Å². The second-order valence-corrected chi connectivity index (χ2v) is 7.76. The molecule has 1 aromatic rings. The van der Waals surface area contributed by atoms with Gasteiger partial charge in [-0.05, 0) is 32.0 Å². The second kappa shape index (κ2) is 5.94. The van der Waals surface area contributed by atoms with Crippen molar-refractivity contribution >= 4 is 27.3 Å². The minimum Gasteiger partial charge on any atom is -0.375 e. The first-order valence-electron chi connectivity index (χ1n) is 6.62. The first-order chi connectivity index (χ1) is 9.70. The number of sulfone groups is 1. The van der Waals surface area contributed by atoms with Gasteiger partial charge in [-0.3, -0.25) is 4.79 Å². The number of halogens is 1. The van der Waals surface area contributed by atoms with E-state index in [1.165, 1.54) is 12.1 Å². The van der Waals surface area contributed by atoms with Crippen LogP contribution in [0.1, 0.15) is 24.2 Å². The van der Waals surface area contributed by atoms with Crippen LogP contribution >= 0.6 is 11.6 Å². The fraction of sp³-hybridized carbons (Fsp3) is 0.500. The Balaban J connectivity index is 2.36. The maximum atomic E-state index is 12.6. The molecule has 1 heterocycles. The van der Waals surface area contributed by atoms with E-state index in [1.807, 2.05) is 13.8 Å². The normalized spacial score (nSPS) is 23.1. The highest BCUT2D eigenvalue weighted by Crippen LogP contribution is 2.24. The van der Waals surface area contributed by atoms with Crippen molar-refractivity contribution in [2.75, 3.05) is 19.4 Å².